The van der Waals surface area contributed by atoms with E-state index in [2.05, 4.69) is 44.0 Å². The average molecular weight is 406 g/mol. The number of hydrogen-bond acceptors (Lipinski definition) is 6. The quantitative estimate of drug-likeness (QED) is 0.768. The van der Waals surface area contributed by atoms with E-state index in [0.717, 1.165) is 47.7 Å². The number of carbonyl (C=O) groups excluding carboxylic acids is 1. The highest BCUT2D eigenvalue weighted by Gasteiger charge is 2.52. The summed E-state index contributed by atoms with van der Waals surface area (Å²) in [6.07, 6.45) is 2.74. The third-order valence-electron chi connectivity index (χ3n) is 6.81. The van der Waals surface area contributed by atoms with Crippen molar-refractivity contribution in [3.63, 3.8) is 0 Å². The van der Waals surface area contributed by atoms with Crippen molar-refractivity contribution in [2.45, 2.75) is 65.3 Å². The lowest BCUT2D eigenvalue weighted by atomic mass is 9.79. The Balaban J connectivity index is 1.42. The molecule has 0 radical (unpaired) electrons. The predicted octanol–water partition coefficient (Wildman–Crippen LogP) is 1.89. The fraction of sp³-hybridized carbons (Fsp3) is 0.500. The fourth-order valence-corrected chi connectivity index (χ4v) is 4.28. The molecule has 3 aliphatic heterocycles. The molecule has 0 spiro atoms. The highest BCUT2D eigenvalue weighted by atomic mass is 16.7. The van der Waals surface area contributed by atoms with Gasteiger partial charge in [-0.15, -0.1) is 0 Å². The lowest BCUT2D eigenvalue weighted by molar-refractivity contribution is 0.00578. The lowest BCUT2D eigenvalue weighted by Gasteiger charge is -2.32. The Hall–Kier alpha value is -2.45. The number of rotatable bonds is 2. The Labute approximate surface area is 177 Å². The number of anilines is 1. The van der Waals surface area contributed by atoms with Crippen LogP contribution in [-0.4, -0.2) is 40.7 Å². The van der Waals surface area contributed by atoms with Crippen LogP contribution in [0.25, 0.3) is 0 Å². The number of fused-ring (bicyclic) bond motifs is 2. The summed E-state index contributed by atoms with van der Waals surface area (Å²) >= 11 is 0. The van der Waals surface area contributed by atoms with E-state index in [0.29, 0.717) is 12.1 Å². The SMILES string of the molecule is Cc1cc2c(nc1N1CCc3ncc(B4OC(C)(C)C(C)(C)O4)cc3C1)CNC2=O. The summed E-state index contributed by atoms with van der Waals surface area (Å²) in [5.41, 5.74) is 5.01. The first-order valence-electron chi connectivity index (χ1n) is 10.5. The number of nitrogens with zero attached hydrogens (tertiary/aromatic N) is 3. The normalized spacial score (nSPS) is 21.4. The molecule has 0 atom stereocenters. The molecule has 0 bridgehead atoms. The maximum atomic E-state index is 11.9. The molecule has 1 fully saturated rings. The first-order chi connectivity index (χ1) is 14.1. The van der Waals surface area contributed by atoms with Crippen LogP contribution < -0.4 is 15.7 Å². The molecule has 2 aromatic rings. The van der Waals surface area contributed by atoms with Crippen LogP contribution in [0.2, 0.25) is 0 Å². The van der Waals surface area contributed by atoms with Gasteiger partial charge in [0.15, 0.2) is 0 Å². The molecule has 0 aliphatic carbocycles. The summed E-state index contributed by atoms with van der Waals surface area (Å²) in [4.78, 5) is 23.7. The molecule has 156 valence electrons. The largest absolute Gasteiger partial charge is 0.496 e. The van der Waals surface area contributed by atoms with Crippen LogP contribution in [-0.2, 0) is 28.8 Å². The summed E-state index contributed by atoms with van der Waals surface area (Å²) in [6.45, 7) is 12.3. The number of nitrogens with one attached hydrogen (secondary N) is 1. The molecule has 0 unspecified atom stereocenters. The Bertz CT molecular complexity index is 1040. The van der Waals surface area contributed by atoms with Crippen LogP contribution in [0.1, 0.15) is 60.6 Å². The lowest BCUT2D eigenvalue weighted by Crippen LogP contribution is -2.41. The van der Waals surface area contributed by atoms with Crippen molar-refractivity contribution in [3.8, 4) is 0 Å². The van der Waals surface area contributed by atoms with Gasteiger partial charge in [-0.25, -0.2) is 4.98 Å². The fourth-order valence-electron chi connectivity index (χ4n) is 4.28. The van der Waals surface area contributed by atoms with Gasteiger partial charge in [0.2, 0.25) is 0 Å². The Kier molecular flexibility index (Phi) is 4.24. The molecule has 0 saturated carbocycles. The zero-order chi connectivity index (χ0) is 21.3. The van der Waals surface area contributed by atoms with Crippen LogP contribution in [0.5, 0.6) is 0 Å². The summed E-state index contributed by atoms with van der Waals surface area (Å²) in [6, 6.07) is 4.11. The van der Waals surface area contributed by atoms with Gasteiger partial charge in [0.05, 0.1) is 29.0 Å². The van der Waals surface area contributed by atoms with E-state index in [-0.39, 0.29) is 17.1 Å². The van der Waals surface area contributed by atoms with Gasteiger partial charge in [0, 0.05) is 36.9 Å². The summed E-state index contributed by atoms with van der Waals surface area (Å²) in [7, 11) is -0.417. The number of aryl methyl sites for hydroxylation is 1. The maximum absolute atomic E-state index is 11.9. The van der Waals surface area contributed by atoms with E-state index in [1.165, 1.54) is 5.56 Å². The van der Waals surface area contributed by atoms with Crippen LogP contribution in [0, 0.1) is 6.92 Å². The molecule has 8 heteroatoms. The molecule has 5 heterocycles. The molecule has 1 N–H and O–H groups in total. The topological polar surface area (TPSA) is 76.6 Å². The minimum atomic E-state index is -0.417. The molecule has 0 aromatic carbocycles. The van der Waals surface area contributed by atoms with E-state index in [1.54, 1.807) is 0 Å². The average Bonchev–Trinajstić information content (AvgIpc) is 3.15. The Morgan fingerprint density at radius 1 is 1.13 bits per heavy atom. The van der Waals surface area contributed by atoms with E-state index < -0.39 is 7.12 Å². The minimum absolute atomic E-state index is 0.0348. The van der Waals surface area contributed by atoms with Gasteiger partial charge < -0.3 is 19.5 Å². The number of aromatic nitrogens is 2. The van der Waals surface area contributed by atoms with Gasteiger partial charge in [-0.3, -0.25) is 9.78 Å². The molecule has 3 aliphatic rings. The van der Waals surface area contributed by atoms with Crippen LogP contribution in [0.3, 0.4) is 0 Å². The third kappa shape index (κ3) is 3.01. The molecule has 1 amide bonds. The second kappa shape index (κ2) is 6.52. The zero-order valence-corrected chi connectivity index (χ0v) is 18.2. The first-order valence-corrected chi connectivity index (χ1v) is 10.5. The molecule has 1 saturated heterocycles. The number of hydrogen-bond donors (Lipinski definition) is 1. The number of pyridine rings is 2. The molecule has 7 nitrogen and oxygen atoms in total. The second-order valence-corrected chi connectivity index (χ2v) is 9.44. The first kappa shape index (κ1) is 19.5. The summed E-state index contributed by atoms with van der Waals surface area (Å²) in [5, 5.41) is 2.85. The molecule has 30 heavy (non-hydrogen) atoms. The summed E-state index contributed by atoms with van der Waals surface area (Å²) < 4.78 is 12.4. The number of amides is 1. The maximum Gasteiger partial charge on any atom is 0.496 e. The van der Waals surface area contributed by atoms with Crippen LogP contribution in [0.15, 0.2) is 18.3 Å². The van der Waals surface area contributed by atoms with E-state index in [4.69, 9.17) is 19.3 Å². The van der Waals surface area contributed by atoms with Crippen molar-refractivity contribution in [1.29, 1.82) is 0 Å². The van der Waals surface area contributed by atoms with E-state index in [9.17, 15) is 4.79 Å². The second-order valence-electron chi connectivity index (χ2n) is 9.44. The molecule has 5 rings (SSSR count). The van der Waals surface area contributed by atoms with Crippen LogP contribution in [0.4, 0.5) is 5.82 Å². The van der Waals surface area contributed by atoms with Gasteiger partial charge >= 0.3 is 7.12 Å². The third-order valence-corrected chi connectivity index (χ3v) is 6.81. The van der Waals surface area contributed by atoms with Crippen LogP contribution >= 0.6 is 0 Å². The van der Waals surface area contributed by atoms with Crippen molar-refractivity contribution in [3.05, 3.63) is 46.4 Å². The molecular weight excluding hydrogens is 379 g/mol. The molecular formula is C22H27BN4O3. The standard InChI is InChI=1S/C22H27BN4O3/c1-13-8-16-18(11-25-20(16)28)26-19(13)27-7-6-17-14(12-27)9-15(10-24-17)23-29-21(2,3)22(4,5)30-23/h8-10H,6-7,11-12H2,1-5H3,(H,25,28). The van der Waals surface area contributed by atoms with Gasteiger partial charge in [0.1, 0.15) is 5.82 Å². The van der Waals surface area contributed by atoms with Gasteiger partial charge in [-0.1, -0.05) is 6.07 Å². The van der Waals surface area contributed by atoms with Crippen molar-refractivity contribution in [2.75, 3.05) is 11.4 Å². The Morgan fingerprint density at radius 3 is 2.60 bits per heavy atom. The van der Waals surface area contributed by atoms with Crippen molar-refractivity contribution in [1.82, 2.24) is 15.3 Å². The monoisotopic (exact) mass is 406 g/mol. The van der Waals surface area contributed by atoms with E-state index >= 15 is 0 Å². The highest BCUT2D eigenvalue weighted by molar-refractivity contribution is 6.62. The van der Waals surface area contributed by atoms with E-state index in [1.807, 2.05) is 19.2 Å². The Morgan fingerprint density at radius 2 is 1.87 bits per heavy atom. The highest BCUT2D eigenvalue weighted by Crippen LogP contribution is 2.36. The zero-order valence-electron chi connectivity index (χ0n) is 18.2. The number of carbonyl (C=O) groups is 1. The van der Waals surface area contributed by atoms with Gasteiger partial charge in [-0.2, -0.15) is 0 Å². The van der Waals surface area contributed by atoms with Gasteiger partial charge in [0.25, 0.3) is 5.91 Å². The van der Waals surface area contributed by atoms with Crippen molar-refractivity contribution < 1.29 is 14.1 Å². The smallest absolute Gasteiger partial charge is 0.399 e. The predicted molar refractivity (Wildman–Crippen MR) is 115 cm³/mol. The van der Waals surface area contributed by atoms with Crippen molar-refractivity contribution >= 4 is 24.3 Å². The van der Waals surface area contributed by atoms with Gasteiger partial charge in [-0.05, 0) is 51.8 Å². The minimum Gasteiger partial charge on any atom is -0.399 e. The molecule has 2 aromatic heterocycles. The van der Waals surface area contributed by atoms with Crippen molar-refractivity contribution in [2.24, 2.45) is 0 Å². The summed E-state index contributed by atoms with van der Waals surface area (Å²) in [5.74, 6) is 0.907.